The second-order valence-corrected chi connectivity index (χ2v) is 3.60. The van der Waals surface area contributed by atoms with E-state index in [4.69, 9.17) is 10.2 Å². The van der Waals surface area contributed by atoms with E-state index in [2.05, 4.69) is 11.8 Å². The predicted molar refractivity (Wildman–Crippen MR) is 64.4 cm³/mol. The van der Waals surface area contributed by atoms with Crippen LogP contribution in [0.4, 0.5) is 4.39 Å². The minimum Gasteiger partial charge on any atom is -0.395 e. The highest BCUT2D eigenvalue weighted by molar-refractivity contribution is 5.94. The van der Waals surface area contributed by atoms with Crippen LogP contribution >= 0.6 is 0 Å². The van der Waals surface area contributed by atoms with Gasteiger partial charge < -0.3 is 15.1 Å². The molecule has 0 bridgehead atoms. The normalized spacial score (nSPS) is 9.56. The molecule has 0 aliphatic heterocycles. The summed E-state index contributed by atoms with van der Waals surface area (Å²) in [6, 6.07) is 3.99. The van der Waals surface area contributed by atoms with Crippen LogP contribution in [0.5, 0.6) is 0 Å². The van der Waals surface area contributed by atoms with Crippen molar-refractivity contribution < 1.29 is 19.4 Å². The van der Waals surface area contributed by atoms with Crippen molar-refractivity contribution >= 4 is 5.91 Å². The molecule has 1 rings (SSSR count). The molecule has 1 aromatic carbocycles. The lowest BCUT2D eigenvalue weighted by Crippen LogP contribution is -2.30. The standard InChI is InChI=1S/C13H14FNO3/c1-15(6-8-17)13(18)11-5-4-10(3-2-7-16)9-12(11)14/h4-5,9,16-17H,6-8H2,1H3. The number of rotatable bonds is 3. The van der Waals surface area contributed by atoms with Crippen molar-refractivity contribution in [3.05, 3.63) is 35.1 Å². The predicted octanol–water partition coefficient (Wildman–Crippen LogP) is 0.234. The molecule has 0 radical (unpaired) electrons. The first-order valence-corrected chi connectivity index (χ1v) is 5.35. The molecule has 5 heteroatoms. The van der Waals surface area contributed by atoms with Gasteiger partial charge in [-0.05, 0) is 18.2 Å². The smallest absolute Gasteiger partial charge is 0.256 e. The van der Waals surface area contributed by atoms with Gasteiger partial charge in [0, 0.05) is 19.2 Å². The van der Waals surface area contributed by atoms with E-state index in [1.54, 1.807) is 0 Å². The van der Waals surface area contributed by atoms with Gasteiger partial charge in [0.1, 0.15) is 12.4 Å². The Morgan fingerprint density at radius 3 is 2.72 bits per heavy atom. The van der Waals surface area contributed by atoms with E-state index in [0.29, 0.717) is 5.56 Å². The summed E-state index contributed by atoms with van der Waals surface area (Å²) in [6.07, 6.45) is 0. The van der Waals surface area contributed by atoms with E-state index >= 15 is 0 Å². The number of carbonyl (C=O) groups is 1. The first-order valence-electron chi connectivity index (χ1n) is 5.35. The van der Waals surface area contributed by atoms with Gasteiger partial charge in [-0.1, -0.05) is 11.8 Å². The Bertz CT molecular complexity index is 491. The van der Waals surface area contributed by atoms with Crippen LogP contribution in [0.1, 0.15) is 15.9 Å². The second-order valence-electron chi connectivity index (χ2n) is 3.60. The van der Waals surface area contributed by atoms with Gasteiger partial charge in [0.15, 0.2) is 0 Å². The Morgan fingerprint density at radius 1 is 1.44 bits per heavy atom. The highest BCUT2D eigenvalue weighted by atomic mass is 19.1. The average molecular weight is 251 g/mol. The van der Waals surface area contributed by atoms with Crippen molar-refractivity contribution in [2.45, 2.75) is 0 Å². The highest BCUT2D eigenvalue weighted by Crippen LogP contribution is 2.12. The monoisotopic (exact) mass is 251 g/mol. The number of hydrogen-bond acceptors (Lipinski definition) is 3. The fourth-order valence-electron chi connectivity index (χ4n) is 1.37. The molecule has 0 aromatic heterocycles. The molecular weight excluding hydrogens is 237 g/mol. The van der Waals surface area contributed by atoms with Crippen molar-refractivity contribution in [3.63, 3.8) is 0 Å². The van der Waals surface area contributed by atoms with E-state index < -0.39 is 11.7 Å². The lowest BCUT2D eigenvalue weighted by molar-refractivity contribution is 0.0762. The number of halogens is 1. The van der Waals surface area contributed by atoms with Gasteiger partial charge in [-0.2, -0.15) is 0 Å². The Morgan fingerprint density at radius 2 is 2.17 bits per heavy atom. The summed E-state index contributed by atoms with van der Waals surface area (Å²) >= 11 is 0. The highest BCUT2D eigenvalue weighted by Gasteiger charge is 2.15. The molecule has 0 spiro atoms. The fraction of sp³-hybridized carbons (Fsp3) is 0.308. The maximum atomic E-state index is 13.7. The number of benzene rings is 1. The fourth-order valence-corrected chi connectivity index (χ4v) is 1.37. The molecule has 4 nitrogen and oxygen atoms in total. The van der Waals surface area contributed by atoms with Crippen molar-refractivity contribution in [1.29, 1.82) is 0 Å². The van der Waals surface area contributed by atoms with Crippen LogP contribution in [-0.4, -0.2) is 47.8 Å². The number of aliphatic hydroxyl groups excluding tert-OH is 2. The number of aliphatic hydroxyl groups is 2. The Balaban J connectivity index is 2.95. The van der Waals surface area contributed by atoms with Crippen LogP contribution in [0.3, 0.4) is 0 Å². The maximum Gasteiger partial charge on any atom is 0.256 e. The quantitative estimate of drug-likeness (QED) is 0.756. The Hall–Kier alpha value is -1.90. The first-order chi connectivity index (χ1) is 8.60. The van der Waals surface area contributed by atoms with Crippen molar-refractivity contribution in [2.24, 2.45) is 0 Å². The summed E-state index contributed by atoms with van der Waals surface area (Å²) in [5.41, 5.74) is 0.323. The van der Waals surface area contributed by atoms with Gasteiger partial charge in [0.2, 0.25) is 0 Å². The van der Waals surface area contributed by atoms with Crippen LogP contribution in [0.25, 0.3) is 0 Å². The van der Waals surface area contributed by atoms with Crippen LogP contribution in [0.2, 0.25) is 0 Å². The van der Waals surface area contributed by atoms with Gasteiger partial charge in [-0.25, -0.2) is 4.39 Å². The number of nitrogens with zero attached hydrogens (tertiary/aromatic N) is 1. The minimum atomic E-state index is -0.672. The van der Waals surface area contributed by atoms with Crippen LogP contribution in [-0.2, 0) is 0 Å². The number of hydrogen-bond donors (Lipinski definition) is 2. The molecule has 0 atom stereocenters. The van der Waals surface area contributed by atoms with E-state index in [9.17, 15) is 9.18 Å². The van der Waals surface area contributed by atoms with Gasteiger partial charge >= 0.3 is 0 Å². The summed E-state index contributed by atoms with van der Waals surface area (Å²) in [5, 5.41) is 17.2. The van der Waals surface area contributed by atoms with Crippen LogP contribution < -0.4 is 0 Å². The zero-order valence-electron chi connectivity index (χ0n) is 9.98. The molecule has 1 amide bonds. The topological polar surface area (TPSA) is 60.8 Å². The van der Waals surface area contributed by atoms with Crippen LogP contribution in [0.15, 0.2) is 18.2 Å². The Labute approximate surface area is 105 Å². The molecule has 0 unspecified atom stereocenters. The molecule has 96 valence electrons. The second kappa shape index (κ2) is 6.74. The number of amides is 1. The summed E-state index contributed by atoms with van der Waals surface area (Å²) in [4.78, 5) is 13.0. The largest absolute Gasteiger partial charge is 0.395 e. The zero-order chi connectivity index (χ0) is 13.5. The molecule has 0 saturated heterocycles. The third-order valence-corrected chi connectivity index (χ3v) is 2.29. The lowest BCUT2D eigenvalue weighted by Gasteiger charge is -2.15. The molecule has 18 heavy (non-hydrogen) atoms. The maximum absolute atomic E-state index is 13.7. The van der Waals surface area contributed by atoms with E-state index in [-0.39, 0.29) is 25.3 Å². The van der Waals surface area contributed by atoms with Crippen molar-refractivity contribution in [1.82, 2.24) is 4.90 Å². The molecular formula is C13H14FNO3. The molecule has 0 aliphatic carbocycles. The van der Waals surface area contributed by atoms with Gasteiger partial charge in [-0.15, -0.1) is 0 Å². The molecule has 0 fully saturated rings. The summed E-state index contributed by atoms with van der Waals surface area (Å²) in [7, 11) is 1.48. The lowest BCUT2D eigenvalue weighted by atomic mass is 10.1. The molecule has 0 aliphatic rings. The minimum absolute atomic E-state index is 0.0690. The first kappa shape index (κ1) is 14.2. The number of carbonyl (C=O) groups excluding carboxylic acids is 1. The summed E-state index contributed by atoms with van der Waals surface area (Å²) in [5.74, 6) is 3.78. The van der Waals surface area contributed by atoms with E-state index in [0.717, 1.165) is 6.07 Å². The van der Waals surface area contributed by atoms with E-state index in [1.165, 1.54) is 24.1 Å². The SMILES string of the molecule is CN(CCO)C(=O)c1ccc(C#CCO)cc1F. The molecule has 0 saturated carbocycles. The van der Waals surface area contributed by atoms with Gasteiger partial charge in [0.05, 0.1) is 12.2 Å². The molecule has 2 N–H and O–H groups in total. The van der Waals surface area contributed by atoms with Gasteiger partial charge in [0.25, 0.3) is 5.91 Å². The third kappa shape index (κ3) is 3.55. The molecule has 1 aromatic rings. The van der Waals surface area contributed by atoms with Crippen LogP contribution in [0, 0.1) is 17.7 Å². The summed E-state index contributed by atoms with van der Waals surface area (Å²) in [6.45, 7) is -0.338. The average Bonchev–Trinajstić information content (AvgIpc) is 2.36. The zero-order valence-corrected chi connectivity index (χ0v) is 9.98. The van der Waals surface area contributed by atoms with Crippen molar-refractivity contribution in [2.75, 3.05) is 26.8 Å². The Kier molecular flexibility index (Phi) is 5.31. The van der Waals surface area contributed by atoms with Gasteiger partial charge in [-0.3, -0.25) is 4.79 Å². The number of likely N-dealkylation sites (N-methyl/N-ethyl adjacent to an activating group) is 1. The summed E-state index contributed by atoms with van der Waals surface area (Å²) < 4.78 is 13.7. The molecule has 0 heterocycles. The van der Waals surface area contributed by atoms with E-state index in [1.807, 2.05) is 0 Å². The van der Waals surface area contributed by atoms with Crippen molar-refractivity contribution in [3.8, 4) is 11.8 Å². The third-order valence-electron chi connectivity index (χ3n) is 2.29.